The fourth-order valence-corrected chi connectivity index (χ4v) is 9.68. The number of ether oxygens (including phenoxy) is 1. The molecule has 5 unspecified atom stereocenters. The molecule has 2 saturated carbocycles. The van der Waals surface area contributed by atoms with E-state index in [2.05, 4.69) is 9.89 Å². The molecule has 2 bridgehead atoms. The first-order valence-electron chi connectivity index (χ1n) is 10.3. The minimum absolute atomic E-state index is 0.00284. The maximum Gasteiger partial charge on any atom is 0.252 e. The number of aliphatic imine (C=N–C) groups is 1. The van der Waals surface area contributed by atoms with Gasteiger partial charge in [0, 0.05) is 16.9 Å². The van der Waals surface area contributed by atoms with Crippen LogP contribution >= 0.6 is 11.8 Å². The molecule has 29 heavy (non-hydrogen) atoms. The monoisotopic (exact) mass is 434 g/mol. The Morgan fingerprint density at radius 1 is 1.21 bits per heavy atom. The van der Waals surface area contributed by atoms with E-state index >= 15 is 0 Å². The Kier molecular flexibility index (Phi) is 4.89. The average molecular weight is 435 g/mol. The molecule has 0 N–H and O–H groups in total. The Hall–Kier alpha value is -1.54. The highest BCUT2D eigenvalue weighted by atomic mass is 32.2. The third-order valence-corrected chi connectivity index (χ3v) is 10.1. The van der Waals surface area contributed by atoms with Gasteiger partial charge in [-0.05, 0) is 37.2 Å². The first kappa shape index (κ1) is 19.4. The number of thioether (sulfide) groups is 1. The number of carbonyl (C=O) groups excluding carboxylic acids is 1. The van der Waals surface area contributed by atoms with Crippen molar-refractivity contribution in [1.29, 1.82) is 0 Å². The van der Waals surface area contributed by atoms with Crippen LogP contribution in [0.25, 0.3) is 0 Å². The highest BCUT2D eigenvalue weighted by Gasteiger charge is 2.54. The van der Waals surface area contributed by atoms with Crippen LogP contribution in [0.2, 0.25) is 0 Å². The molecule has 4 aliphatic rings. The predicted octanol–water partition coefficient (Wildman–Crippen LogP) is 2.52. The maximum atomic E-state index is 12.8. The van der Waals surface area contributed by atoms with Crippen LogP contribution in [0.4, 0.5) is 0 Å². The summed E-state index contributed by atoms with van der Waals surface area (Å²) in [5.41, 5.74) is 0.821. The molecule has 0 spiro atoms. The molecule has 0 aromatic heterocycles. The minimum atomic E-state index is -3.01. The largest absolute Gasteiger partial charge is 0.496 e. The summed E-state index contributed by atoms with van der Waals surface area (Å²) in [4.78, 5) is 19.5. The number of amidine groups is 1. The second kappa shape index (κ2) is 7.30. The van der Waals surface area contributed by atoms with Crippen LogP contribution in [-0.2, 0) is 21.1 Å². The van der Waals surface area contributed by atoms with Gasteiger partial charge in [0.2, 0.25) is 0 Å². The number of methoxy groups -OCH3 is 1. The van der Waals surface area contributed by atoms with Gasteiger partial charge in [-0.2, -0.15) is 4.99 Å². The zero-order valence-corrected chi connectivity index (χ0v) is 18.1. The minimum Gasteiger partial charge on any atom is -0.496 e. The van der Waals surface area contributed by atoms with Crippen molar-refractivity contribution >= 4 is 32.7 Å². The molecular weight excluding hydrogens is 408 g/mol. The van der Waals surface area contributed by atoms with E-state index in [-0.39, 0.29) is 35.1 Å². The van der Waals surface area contributed by atoms with Crippen LogP contribution in [0, 0.1) is 11.8 Å². The van der Waals surface area contributed by atoms with Gasteiger partial charge in [-0.15, -0.1) is 0 Å². The lowest BCUT2D eigenvalue weighted by molar-refractivity contribution is -0.117. The second-order valence-electron chi connectivity index (χ2n) is 8.73. The molecule has 0 radical (unpaired) electrons. The SMILES string of the molecule is COc1ccccc1CC(=O)N=C1SC2CS(=O)(=O)CC2N1C1CC2CCC1C2. The summed E-state index contributed by atoms with van der Waals surface area (Å²) in [7, 11) is -1.41. The van der Waals surface area contributed by atoms with Crippen molar-refractivity contribution in [2.75, 3.05) is 18.6 Å². The van der Waals surface area contributed by atoms with Crippen molar-refractivity contribution in [3.05, 3.63) is 29.8 Å². The molecule has 2 aliphatic carbocycles. The standard InChI is InChI=1S/C21H26N2O4S2/c1-27-18-5-3-2-4-15(18)10-20(24)22-21-23(16-9-13-6-7-14(16)8-13)17-11-29(25,26)12-19(17)28-21/h2-5,13-14,16-17,19H,6-12H2,1H3. The van der Waals surface area contributed by atoms with E-state index in [0.29, 0.717) is 17.7 Å². The molecule has 1 amide bonds. The number of benzene rings is 1. The Balaban J connectivity index is 1.41. The number of para-hydroxylation sites is 1. The molecule has 2 saturated heterocycles. The summed E-state index contributed by atoms with van der Waals surface area (Å²) < 4.78 is 29.8. The van der Waals surface area contributed by atoms with Crippen molar-refractivity contribution in [2.45, 2.75) is 49.4 Å². The molecule has 1 aromatic rings. The third kappa shape index (κ3) is 3.58. The lowest BCUT2D eigenvalue weighted by Gasteiger charge is -2.36. The van der Waals surface area contributed by atoms with E-state index in [1.54, 1.807) is 7.11 Å². The molecular formula is C21H26N2O4S2. The Morgan fingerprint density at radius 2 is 2.03 bits per heavy atom. The Morgan fingerprint density at radius 3 is 2.76 bits per heavy atom. The molecule has 6 nitrogen and oxygen atoms in total. The third-order valence-electron chi connectivity index (χ3n) is 6.92. The number of carbonyl (C=O) groups is 1. The Bertz CT molecular complexity index is 961. The molecule has 4 fully saturated rings. The van der Waals surface area contributed by atoms with Gasteiger partial charge < -0.3 is 9.64 Å². The molecule has 5 rings (SSSR count). The zero-order valence-electron chi connectivity index (χ0n) is 16.5. The predicted molar refractivity (Wildman–Crippen MR) is 114 cm³/mol. The van der Waals surface area contributed by atoms with E-state index in [1.165, 1.54) is 31.0 Å². The van der Waals surface area contributed by atoms with Crippen molar-refractivity contribution in [3.8, 4) is 5.75 Å². The average Bonchev–Trinajstić information content (AvgIpc) is 3.41. The summed E-state index contributed by atoms with van der Waals surface area (Å²) >= 11 is 1.50. The van der Waals surface area contributed by atoms with Gasteiger partial charge in [-0.1, -0.05) is 36.4 Å². The van der Waals surface area contributed by atoms with E-state index in [9.17, 15) is 13.2 Å². The second-order valence-corrected chi connectivity index (χ2v) is 12.1. The van der Waals surface area contributed by atoms with Crippen molar-refractivity contribution in [2.24, 2.45) is 16.8 Å². The van der Waals surface area contributed by atoms with E-state index in [0.717, 1.165) is 23.1 Å². The molecule has 5 atom stereocenters. The number of amides is 1. The summed E-state index contributed by atoms with van der Waals surface area (Å²) in [6.07, 6.45) is 5.02. The van der Waals surface area contributed by atoms with E-state index in [1.807, 2.05) is 24.3 Å². The lowest BCUT2D eigenvalue weighted by Crippen LogP contribution is -2.47. The molecule has 156 valence electrons. The number of fused-ring (bicyclic) bond motifs is 3. The number of hydrogen-bond acceptors (Lipinski definition) is 5. The first-order valence-corrected chi connectivity index (χ1v) is 13.0. The van der Waals surface area contributed by atoms with E-state index < -0.39 is 9.84 Å². The van der Waals surface area contributed by atoms with Gasteiger partial charge in [0.25, 0.3) is 5.91 Å². The number of rotatable bonds is 4. The molecule has 1 aromatic carbocycles. The summed E-state index contributed by atoms with van der Waals surface area (Å²) in [5.74, 6) is 2.23. The highest BCUT2D eigenvalue weighted by molar-refractivity contribution is 8.15. The fraction of sp³-hybridized carbons (Fsp3) is 0.619. The highest BCUT2D eigenvalue weighted by Crippen LogP contribution is 2.51. The fourth-order valence-electron chi connectivity index (χ4n) is 5.69. The maximum absolute atomic E-state index is 12.8. The van der Waals surface area contributed by atoms with Crippen LogP contribution in [0.5, 0.6) is 5.75 Å². The normalized spacial score (nSPS) is 36.0. The van der Waals surface area contributed by atoms with Gasteiger partial charge in [-0.3, -0.25) is 4.79 Å². The van der Waals surface area contributed by atoms with Crippen LogP contribution in [0.15, 0.2) is 29.3 Å². The van der Waals surface area contributed by atoms with Gasteiger partial charge in [-0.25, -0.2) is 8.42 Å². The van der Waals surface area contributed by atoms with Crippen molar-refractivity contribution in [3.63, 3.8) is 0 Å². The van der Waals surface area contributed by atoms with Gasteiger partial charge in [0.15, 0.2) is 15.0 Å². The number of hydrogen-bond donors (Lipinski definition) is 0. The molecule has 8 heteroatoms. The lowest BCUT2D eigenvalue weighted by atomic mass is 9.93. The zero-order chi connectivity index (χ0) is 20.2. The topological polar surface area (TPSA) is 76.0 Å². The van der Waals surface area contributed by atoms with Crippen LogP contribution in [0.1, 0.15) is 31.2 Å². The van der Waals surface area contributed by atoms with Crippen molar-refractivity contribution in [1.82, 2.24) is 4.90 Å². The van der Waals surface area contributed by atoms with Gasteiger partial charge in [0.1, 0.15) is 5.75 Å². The van der Waals surface area contributed by atoms with Crippen LogP contribution in [0.3, 0.4) is 0 Å². The first-order chi connectivity index (χ1) is 13.9. The molecule has 2 heterocycles. The molecule has 2 aliphatic heterocycles. The van der Waals surface area contributed by atoms with E-state index in [4.69, 9.17) is 4.74 Å². The Labute approximate surface area is 176 Å². The van der Waals surface area contributed by atoms with Crippen LogP contribution in [-0.4, -0.2) is 60.3 Å². The summed E-state index contributed by atoms with van der Waals surface area (Å²) in [6, 6.07) is 7.79. The van der Waals surface area contributed by atoms with Crippen molar-refractivity contribution < 1.29 is 17.9 Å². The van der Waals surface area contributed by atoms with Gasteiger partial charge in [0.05, 0.1) is 31.1 Å². The van der Waals surface area contributed by atoms with Crippen LogP contribution < -0.4 is 4.74 Å². The summed E-state index contributed by atoms with van der Waals surface area (Å²) in [6.45, 7) is 0. The smallest absolute Gasteiger partial charge is 0.252 e. The quantitative estimate of drug-likeness (QED) is 0.725. The van der Waals surface area contributed by atoms with Gasteiger partial charge >= 0.3 is 0 Å². The number of nitrogens with zero attached hydrogens (tertiary/aromatic N) is 2. The summed E-state index contributed by atoms with van der Waals surface area (Å²) in [5, 5.41) is 0.740. The number of sulfone groups is 1.